The lowest BCUT2D eigenvalue weighted by molar-refractivity contribution is -0.0767. The Hall–Kier alpha value is -1.10. The highest BCUT2D eigenvalue weighted by atomic mass is 16.5. The van der Waals surface area contributed by atoms with E-state index in [0.717, 1.165) is 24.4 Å². The molecule has 20 heavy (non-hydrogen) atoms. The van der Waals surface area contributed by atoms with Gasteiger partial charge in [0.15, 0.2) is 0 Å². The molecule has 2 rings (SSSR count). The molecule has 1 aliphatic rings. The van der Waals surface area contributed by atoms with Gasteiger partial charge in [0.2, 0.25) is 0 Å². The van der Waals surface area contributed by atoms with E-state index >= 15 is 0 Å². The summed E-state index contributed by atoms with van der Waals surface area (Å²) in [5, 5.41) is 10.3. The maximum absolute atomic E-state index is 10.3. The van der Waals surface area contributed by atoms with Gasteiger partial charge in [-0.25, -0.2) is 0 Å². The average molecular weight is 279 g/mol. The Morgan fingerprint density at radius 3 is 2.40 bits per heavy atom. The number of aliphatic hydroxyl groups excluding tert-OH is 1. The molecule has 3 atom stereocenters. The third-order valence-electron chi connectivity index (χ3n) is 3.50. The van der Waals surface area contributed by atoms with Gasteiger partial charge in [0.25, 0.3) is 0 Å². The van der Waals surface area contributed by atoms with Crippen molar-refractivity contribution < 1.29 is 14.6 Å². The maximum atomic E-state index is 10.3. The van der Waals surface area contributed by atoms with E-state index in [-0.39, 0.29) is 12.2 Å². The number of hydrogen-bond acceptors (Lipinski definition) is 4. The van der Waals surface area contributed by atoms with Gasteiger partial charge >= 0.3 is 0 Å². The van der Waals surface area contributed by atoms with Crippen LogP contribution in [0.3, 0.4) is 0 Å². The molecule has 1 aliphatic heterocycles. The summed E-state index contributed by atoms with van der Waals surface area (Å²) in [6.45, 7) is 9.16. The molecule has 0 amide bonds. The van der Waals surface area contributed by atoms with Crippen LogP contribution in [-0.2, 0) is 4.74 Å². The summed E-state index contributed by atoms with van der Waals surface area (Å²) in [4.78, 5) is 2.26. The molecule has 1 heterocycles. The average Bonchev–Trinajstić information content (AvgIpc) is 2.38. The number of aliphatic hydroxyl groups is 1. The van der Waals surface area contributed by atoms with Crippen LogP contribution in [0.15, 0.2) is 24.3 Å². The van der Waals surface area contributed by atoms with E-state index < -0.39 is 6.10 Å². The van der Waals surface area contributed by atoms with E-state index in [4.69, 9.17) is 9.47 Å². The molecular weight excluding hydrogens is 254 g/mol. The second-order valence-electron chi connectivity index (χ2n) is 5.49. The van der Waals surface area contributed by atoms with Gasteiger partial charge in [0.05, 0.1) is 24.9 Å². The Morgan fingerprint density at radius 1 is 1.25 bits per heavy atom. The smallest absolute Gasteiger partial charge is 0.119 e. The lowest BCUT2D eigenvalue weighted by Gasteiger charge is -2.36. The van der Waals surface area contributed by atoms with Crippen molar-refractivity contribution in [3.8, 4) is 5.75 Å². The highest BCUT2D eigenvalue weighted by molar-refractivity contribution is 5.28. The first-order valence-electron chi connectivity index (χ1n) is 7.37. The fourth-order valence-corrected chi connectivity index (χ4v) is 2.74. The topological polar surface area (TPSA) is 41.9 Å². The van der Waals surface area contributed by atoms with Gasteiger partial charge in [-0.2, -0.15) is 0 Å². The van der Waals surface area contributed by atoms with Gasteiger partial charge in [-0.05, 0) is 38.5 Å². The van der Waals surface area contributed by atoms with Crippen molar-refractivity contribution in [3.63, 3.8) is 0 Å². The van der Waals surface area contributed by atoms with Crippen molar-refractivity contribution in [2.24, 2.45) is 0 Å². The van der Waals surface area contributed by atoms with Crippen molar-refractivity contribution in [1.82, 2.24) is 4.90 Å². The Kier molecular flexibility index (Phi) is 5.40. The molecule has 1 saturated heterocycles. The third-order valence-corrected chi connectivity index (χ3v) is 3.50. The van der Waals surface area contributed by atoms with E-state index in [0.29, 0.717) is 13.2 Å². The zero-order valence-corrected chi connectivity index (χ0v) is 12.6. The predicted molar refractivity (Wildman–Crippen MR) is 79.0 cm³/mol. The molecule has 1 aromatic rings. The summed E-state index contributed by atoms with van der Waals surface area (Å²) >= 11 is 0. The second kappa shape index (κ2) is 7.07. The molecule has 0 aromatic heterocycles. The Labute approximate surface area is 121 Å². The van der Waals surface area contributed by atoms with Crippen LogP contribution < -0.4 is 4.74 Å². The monoisotopic (exact) mass is 279 g/mol. The van der Waals surface area contributed by atoms with Gasteiger partial charge < -0.3 is 14.6 Å². The first-order chi connectivity index (χ1) is 9.58. The number of nitrogens with zero attached hydrogens (tertiary/aromatic N) is 1. The van der Waals surface area contributed by atoms with E-state index in [1.807, 2.05) is 31.2 Å². The zero-order chi connectivity index (χ0) is 14.5. The van der Waals surface area contributed by atoms with Gasteiger partial charge in [-0.3, -0.25) is 4.90 Å². The van der Waals surface area contributed by atoms with Crippen molar-refractivity contribution in [2.45, 2.75) is 39.1 Å². The summed E-state index contributed by atoms with van der Waals surface area (Å²) in [7, 11) is 0. The van der Waals surface area contributed by atoms with Crippen molar-refractivity contribution >= 4 is 0 Å². The van der Waals surface area contributed by atoms with Crippen LogP contribution in [0.5, 0.6) is 5.75 Å². The second-order valence-corrected chi connectivity index (χ2v) is 5.49. The van der Waals surface area contributed by atoms with Crippen LogP contribution in [0.1, 0.15) is 32.4 Å². The van der Waals surface area contributed by atoms with E-state index in [1.165, 1.54) is 0 Å². The zero-order valence-electron chi connectivity index (χ0n) is 12.6. The molecular formula is C16H25NO3. The normalized spacial score (nSPS) is 25.4. The van der Waals surface area contributed by atoms with Gasteiger partial charge in [0, 0.05) is 19.6 Å². The highest BCUT2D eigenvalue weighted by Gasteiger charge is 2.24. The summed E-state index contributed by atoms with van der Waals surface area (Å²) in [6, 6.07) is 7.69. The molecule has 1 N–H and O–H groups in total. The highest BCUT2D eigenvalue weighted by Crippen LogP contribution is 2.20. The van der Waals surface area contributed by atoms with Gasteiger partial charge in [-0.15, -0.1) is 0 Å². The number of benzene rings is 1. The molecule has 0 spiro atoms. The Morgan fingerprint density at radius 2 is 1.85 bits per heavy atom. The van der Waals surface area contributed by atoms with Crippen molar-refractivity contribution in [3.05, 3.63) is 29.8 Å². The van der Waals surface area contributed by atoms with E-state index in [2.05, 4.69) is 18.7 Å². The quantitative estimate of drug-likeness (QED) is 0.897. The minimum Gasteiger partial charge on any atom is -0.494 e. The molecule has 0 aliphatic carbocycles. The number of β-amino-alcohol motifs (C(OH)–C–C–N with tert-alkyl or cyclic N) is 1. The van der Waals surface area contributed by atoms with Crippen LogP contribution in [0.4, 0.5) is 0 Å². The van der Waals surface area contributed by atoms with Crippen LogP contribution in [0, 0.1) is 0 Å². The van der Waals surface area contributed by atoms with Crippen LogP contribution in [-0.4, -0.2) is 48.5 Å². The van der Waals surface area contributed by atoms with Gasteiger partial charge in [-0.1, -0.05) is 12.1 Å². The molecule has 4 heteroatoms. The summed E-state index contributed by atoms with van der Waals surface area (Å²) in [5.41, 5.74) is 0.931. The first-order valence-corrected chi connectivity index (χ1v) is 7.37. The molecule has 0 radical (unpaired) electrons. The fraction of sp³-hybridized carbons (Fsp3) is 0.625. The standard InChI is InChI=1S/C16H25NO3/c1-4-19-15-7-5-14(6-8-15)16(18)11-17-9-12(2)20-13(3)10-17/h5-8,12-13,16,18H,4,9-11H2,1-3H3. The molecule has 3 unspecified atom stereocenters. The largest absolute Gasteiger partial charge is 0.494 e. The number of morpholine rings is 1. The van der Waals surface area contributed by atoms with Gasteiger partial charge in [0.1, 0.15) is 5.75 Å². The SMILES string of the molecule is CCOc1ccc(C(O)CN2CC(C)OC(C)C2)cc1. The lowest BCUT2D eigenvalue weighted by Crippen LogP contribution is -2.46. The minimum absolute atomic E-state index is 0.228. The number of ether oxygens (including phenoxy) is 2. The van der Waals surface area contributed by atoms with E-state index in [9.17, 15) is 5.11 Å². The Balaban J connectivity index is 1.92. The van der Waals surface area contributed by atoms with Crippen LogP contribution in [0.25, 0.3) is 0 Å². The molecule has 112 valence electrons. The minimum atomic E-state index is -0.469. The van der Waals surface area contributed by atoms with Crippen LogP contribution in [0.2, 0.25) is 0 Å². The van der Waals surface area contributed by atoms with Crippen LogP contribution >= 0.6 is 0 Å². The lowest BCUT2D eigenvalue weighted by atomic mass is 10.1. The summed E-state index contributed by atoms with van der Waals surface area (Å²) < 4.78 is 11.1. The molecule has 0 bridgehead atoms. The van der Waals surface area contributed by atoms with Crippen molar-refractivity contribution in [1.29, 1.82) is 0 Å². The fourth-order valence-electron chi connectivity index (χ4n) is 2.74. The molecule has 0 saturated carbocycles. The number of rotatable bonds is 5. The number of hydrogen-bond donors (Lipinski definition) is 1. The Bertz CT molecular complexity index is 397. The van der Waals surface area contributed by atoms with Crippen molar-refractivity contribution in [2.75, 3.05) is 26.2 Å². The van der Waals surface area contributed by atoms with E-state index in [1.54, 1.807) is 0 Å². The molecule has 1 aromatic carbocycles. The summed E-state index contributed by atoms with van der Waals surface area (Å²) in [6.07, 6.45) is -0.0132. The third kappa shape index (κ3) is 4.20. The molecule has 4 nitrogen and oxygen atoms in total. The first kappa shape index (κ1) is 15.3. The predicted octanol–water partition coefficient (Wildman–Crippen LogP) is 2.23. The maximum Gasteiger partial charge on any atom is 0.119 e. The summed E-state index contributed by atoms with van der Waals surface area (Å²) in [5.74, 6) is 0.845. The molecule has 1 fully saturated rings.